The van der Waals surface area contributed by atoms with Crippen molar-refractivity contribution in [3.05, 3.63) is 72.3 Å². The SMILES string of the molecule is CCCCN(Cc1nc2c(ccc3cc(-c4ccc5c(ccc6[nH]c(CN(C[C@H](CC)COC(F)F)C(=O)[C@@H](NC(=O)OC)C(C)C)nc65)c4)ccc32)[nH]1)C(=O)C(NC(=O)OC)C(C)C. The highest BCUT2D eigenvalue weighted by molar-refractivity contribution is 6.07. The minimum absolute atomic E-state index is 0.0363. The number of hydrogen-bond acceptors (Lipinski definition) is 9. The fourth-order valence-electron chi connectivity index (χ4n) is 8.04. The number of aromatic nitrogens is 4. The number of rotatable bonds is 20. The molecule has 0 bridgehead atoms. The molecule has 0 saturated carbocycles. The molecule has 0 fully saturated rings. The molecule has 0 aliphatic heterocycles. The lowest BCUT2D eigenvalue weighted by molar-refractivity contribution is -0.145. The van der Waals surface area contributed by atoms with E-state index in [-0.39, 0.29) is 44.0 Å². The summed E-state index contributed by atoms with van der Waals surface area (Å²) in [5.41, 5.74) is 5.11. The Morgan fingerprint density at radius 2 is 1.17 bits per heavy atom. The number of carbonyl (C=O) groups excluding carboxylic acids is 4. The molecular weight excluding hydrogens is 839 g/mol. The van der Waals surface area contributed by atoms with E-state index in [1.54, 1.807) is 18.7 Å². The van der Waals surface area contributed by atoms with Gasteiger partial charge in [0.1, 0.15) is 23.7 Å². The highest BCUT2D eigenvalue weighted by Gasteiger charge is 2.32. The number of halogens is 2. The van der Waals surface area contributed by atoms with Gasteiger partial charge in [-0.3, -0.25) is 9.59 Å². The number of alkyl carbamates (subject to hydrolysis) is 2. The maximum absolute atomic E-state index is 14.0. The summed E-state index contributed by atoms with van der Waals surface area (Å²) in [5, 5.41) is 9.13. The number of methoxy groups -OCH3 is 2. The molecule has 348 valence electrons. The highest BCUT2D eigenvalue weighted by Crippen LogP contribution is 2.33. The Morgan fingerprint density at radius 3 is 1.60 bits per heavy atom. The molecular formula is C48H60F2N8O7. The lowest BCUT2D eigenvalue weighted by atomic mass is 9.98. The van der Waals surface area contributed by atoms with E-state index in [1.807, 2.05) is 57.2 Å². The molecule has 17 heteroatoms. The third kappa shape index (κ3) is 11.5. The number of carbonyl (C=O) groups is 4. The molecule has 6 rings (SSSR count). The number of ether oxygens (including phenoxy) is 3. The molecule has 2 heterocycles. The van der Waals surface area contributed by atoms with Gasteiger partial charge in [0.2, 0.25) is 11.8 Å². The molecule has 0 spiro atoms. The molecule has 2 aromatic heterocycles. The number of aromatic amines is 2. The Bertz CT molecular complexity index is 2630. The van der Waals surface area contributed by atoms with Gasteiger partial charge in [-0.05, 0) is 76.8 Å². The molecule has 4 aromatic carbocycles. The minimum atomic E-state index is -2.94. The number of benzene rings is 4. The molecule has 0 radical (unpaired) electrons. The Hall–Kier alpha value is -6.36. The number of imidazole rings is 2. The van der Waals surface area contributed by atoms with E-state index in [4.69, 9.17) is 19.4 Å². The summed E-state index contributed by atoms with van der Waals surface area (Å²) in [6.45, 7) is 9.00. The van der Waals surface area contributed by atoms with Crippen LogP contribution in [0, 0.1) is 17.8 Å². The van der Waals surface area contributed by atoms with Crippen LogP contribution in [0.3, 0.4) is 0 Å². The van der Waals surface area contributed by atoms with E-state index in [0.29, 0.717) is 30.1 Å². The van der Waals surface area contributed by atoms with E-state index < -0.39 is 42.7 Å². The second-order valence-corrected chi connectivity index (χ2v) is 17.1. The van der Waals surface area contributed by atoms with Crippen molar-refractivity contribution in [2.75, 3.05) is 33.9 Å². The summed E-state index contributed by atoms with van der Waals surface area (Å²) in [6, 6.07) is 18.7. The van der Waals surface area contributed by atoms with Gasteiger partial charge >= 0.3 is 18.8 Å². The minimum Gasteiger partial charge on any atom is -0.453 e. The first-order chi connectivity index (χ1) is 31.1. The number of unbranched alkanes of at least 4 members (excludes halogenated alkanes) is 1. The average molecular weight is 899 g/mol. The lowest BCUT2D eigenvalue weighted by Gasteiger charge is -2.31. The van der Waals surface area contributed by atoms with Crippen LogP contribution in [0.25, 0.3) is 54.7 Å². The molecule has 0 saturated heterocycles. The van der Waals surface area contributed by atoms with E-state index >= 15 is 0 Å². The van der Waals surface area contributed by atoms with Crippen LogP contribution in [0.2, 0.25) is 0 Å². The van der Waals surface area contributed by atoms with Crippen LogP contribution in [0.4, 0.5) is 18.4 Å². The largest absolute Gasteiger partial charge is 0.453 e. The van der Waals surface area contributed by atoms with Gasteiger partial charge in [-0.2, -0.15) is 8.78 Å². The molecule has 3 atom stereocenters. The zero-order valence-electron chi connectivity index (χ0n) is 38.3. The summed E-state index contributed by atoms with van der Waals surface area (Å²) in [4.78, 5) is 72.0. The highest BCUT2D eigenvalue weighted by atomic mass is 19.3. The van der Waals surface area contributed by atoms with Gasteiger partial charge in [-0.15, -0.1) is 0 Å². The molecule has 1 unspecified atom stereocenters. The molecule has 65 heavy (non-hydrogen) atoms. The zero-order valence-corrected chi connectivity index (χ0v) is 38.3. The number of fused-ring (bicyclic) bond motifs is 6. The quantitative estimate of drug-likeness (QED) is 0.0581. The molecule has 15 nitrogen and oxygen atoms in total. The monoisotopic (exact) mass is 898 g/mol. The number of amides is 4. The predicted molar refractivity (Wildman–Crippen MR) is 246 cm³/mol. The number of nitrogens with zero attached hydrogens (tertiary/aromatic N) is 4. The van der Waals surface area contributed by atoms with E-state index in [1.165, 1.54) is 19.1 Å². The van der Waals surface area contributed by atoms with Gasteiger partial charge in [-0.25, -0.2) is 19.6 Å². The maximum atomic E-state index is 14.0. The van der Waals surface area contributed by atoms with Gasteiger partial charge in [0.15, 0.2) is 0 Å². The fraction of sp³-hybridized carbons (Fsp3) is 0.458. The second-order valence-electron chi connectivity index (χ2n) is 17.1. The Kier molecular flexibility index (Phi) is 15.9. The van der Waals surface area contributed by atoms with Crippen molar-refractivity contribution in [2.24, 2.45) is 17.8 Å². The van der Waals surface area contributed by atoms with Crippen molar-refractivity contribution < 1.29 is 42.2 Å². The van der Waals surface area contributed by atoms with Gasteiger partial charge in [0.05, 0.1) is 56.0 Å². The van der Waals surface area contributed by atoms with Crippen molar-refractivity contribution in [3.8, 4) is 11.1 Å². The van der Waals surface area contributed by atoms with Crippen LogP contribution in [0.5, 0.6) is 0 Å². The van der Waals surface area contributed by atoms with Crippen molar-refractivity contribution in [2.45, 2.75) is 92.6 Å². The van der Waals surface area contributed by atoms with Crippen molar-refractivity contribution in [1.82, 2.24) is 40.4 Å². The van der Waals surface area contributed by atoms with E-state index in [0.717, 1.165) is 62.1 Å². The summed E-state index contributed by atoms with van der Waals surface area (Å²) in [7, 11) is 2.50. The molecule has 0 aliphatic rings. The number of nitrogens with one attached hydrogen (secondary N) is 4. The Labute approximate surface area is 376 Å². The van der Waals surface area contributed by atoms with E-state index in [9.17, 15) is 28.0 Å². The number of H-pyrrole nitrogens is 2. The fourth-order valence-corrected chi connectivity index (χ4v) is 8.04. The molecule has 0 aliphatic carbocycles. The van der Waals surface area contributed by atoms with Gasteiger partial charge in [0.25, 0.3) is 0 Å². The van der Waals surface area contributed by atoms with Crippen LogP contribution < -0.4 is 10.6 Å². The van der Waals surface area contributed by atoms with Gasteiger partial charge in [-0.1, -0.05) is 84.4 Å². The van der Waals surface area contributed by atoms with Crippen LogP contribution in [-0.4, -0.2) is 106 Å². The third-order valence-electron chi connectivity index (χ3n) is 11.8. The standard InChI is InChI=1S/C48H60F2N8O7/c1-9-11-20-57(44(59)40(27(3)4)55-47(61)63-7)24-38-51-36-18-14-32-21-30(12-16-34(32)42(36)53-38)31-13-17-35-33(22-31)15-19-37-43(35)54-39(52-37)25-58(23-29(10-2)26-65-46(49)50)45(60)41(28(5)6)56-48(62)64-8/h12-19,21-22,27-29,40-41,46H,9-11,20,23-26H2,1-8H3,(H,51,53)(H,52,54)(H,55,61)(H,56,62)/t29-,40?,41-/m0/s1. The summed E-state index contributed by atoms with van der Waals surface area (Å²) in [5.74, 6) is -0.300. The normalized spacial score (nSPS) is 13.2. The smallest absolute Gasteiger partial charge is 0.407 e. The topological polar surface area (TPSA) is 184 Å². The molecule has 4 N–H and O–H groups in total. The van der Waals surface area contributed by atoms with Gasteiger partial charge < -0.3 is 44.6 Å². The van der Waals surface area contributed by atoms with Crippen LogP contribution in [-0.2, 0) is 36.9 Å². The number of hydrogen-bond donors (Lipinski definition) is 4. The van der Waals surface area contributed by atoms with Crippen molar-refractivity contribution in [3.63, 3.8) is 0 Å². The van der Waals surface area contributed by atoms with Crippen molar-refractivity contribution in [1.29, 1.82) is 0 Å². The first-order valence-electron chi connectivity index (χ1n) is 22.1. The number of alkyl halides is 2. The third-order valence-corrected chi connectivity index (χ3v) is 11.8. The summed E-state index contributed by atoms with van der Waals surface area (Å²) in [6.07, 6.45) is 0.767. The van der Waals surface area contributed by atoms with Crippen LogP contribution in [0.1, 0.15) is 72.5 Å². The maximum Gasteiger partial charge on any atom is 0.407 e. The summed E-state index contributed by atoms with van der Waals surface area (Å²) < 4.78 is 40.2. The second kappa shape index (κ2) is 21.5. The Morgan fingerprint density at radius 1 is 0.692 bits per heavy atom. The van der Waals surface area contributed by atoms with Crippen LogP contribution >= 0.6 is 0 Å². The van der Waals surface area contributed by atoms with Crippen molar-refractivity contribution >= 4 is 67.6 Å². The van der Waals surface area contributed by atoms with Crippen LogP contribution in [0.15, 0.2) is 60.7 Å². The Balaban J connectivity index is 1.26. The predicted octanol–water partition coefficient (Wildman–Crippen LogP) is 8.90. The van der Waals surface area contributed by atoms with Gasteiger partial charge in [0, 0.05) is 23.9 Å². The van der Waals surface area contributed by atoms with E-state index in [2.05, 4.69) is 56.5 Å². The average Bonchev–Trinajstić information content (AvgIpc) is 3.92. The first kappa shape index (κ1) is 48.1. The zero-order chi connectivity index (χ0) is 46.9. The summed E-state index contributed by atoms with van der Waals surface area (Å²) >= 11 is 0. The molecule has 6 aromatic rings. The lowest BCUT2D eigenvalue weighted by Crippen LogP contribution is -2.52. The first-order valence-corrected chi connectivity index (χ1v) is 22.1. The molecule has 4 amide bonds.